The number of likely N-dealkylation sites (tertiary alicyclic amines) is 1. The third kappa shape index (κ3) is 3.51. The second kappa shape index (κ2) is 7.77. The maximum atomic E-state index is 12.9. The highest BCUT2D eigenvalue weighted by molar-refractivity contribution is 6.05. The third-order valence-electron chi connectivity index (χ3n) is 5.06. The number of hydrogen-bond donors (Lipinski definition) is 0. The third-order valence-corrected chi connectivity index (χ3v) is 5.06. The Balaban J connectivity index is 1.75. The van der Waals surface area contributed by atoms with E-state index in [4.69, 9.17) is 4.74 Å². The van der Waals surface area contributed by atoms with Crippen molar-refractivity contribution in [3.63, 3.8) is 0 Å². The number of aromatic nitrogens is 3. The molecule has 8 nitrogen and oxygen atoms in total. The largest absolute Gasteiger partial charge is 0.465 e. The second-order valence-electron chi connectivity index (χ2n) is 6.61. The maximum Gasteiger partial charge on any atom is 0.345 e. The van der Waals surface area contributed by atoms with Gasteiger partial charge in [0.05, 0.1) is 18.2 Å². The number of nitrogens with zero attached hydrogens (tertiary/aromatic N) is 4. The Morgan fingerprint density at radius 1 is 1.19 bits per heavy atom. The Kier molecular flexibility index (Phi) is 5.43. The van der Waals surface area contributed by atoms with Crippen LogP contribution < -0.4 is 5.69 Å². The molecule has 144 valence electrons. The van der Waals surface area contributed by atoms with Crippen LogP contribution in [-0.2, 0) is 18.3 Å². The van der Waals surface area contributed by atoms with Crippen LogP contribution in [0.4, 0.5) is 0 Å². The molecule has 1 saturated heterocycles. The molecule has 1 fully saturated rings. The van der Waals surface area contributed by atoms with Gasteiger partial charge in [-0.25, -0.2) is 14.3 Å². The van der Waals surface area contributed by atoms with Gasteiger partial charge in [0.1, 0.15) is 5.82 Å². The highest BCUT2D eigenvalue weighted by Gasteiger charge is 2.29. The summed E-state index contributed by atoms with van der Waals surface area (Å²) in [6, 6.07) is 6.69. The van der Waals surface area contributed by atoms with Gasteiger partial charge in [-0.15, -0.1) is 0 Å². The fraction of sp³-hybridized carbons (Fsp3) is 0.474. The molecule has 0 unspecified atom stereocenters. The first kappa shape index (κ1) is 18.9. The first-order valence-corrected chi connectivity index (χ1v) is 9.08. The quantitative estimate of drug-likeness (QED) is 0.758. The summed E-state index contributed by atoms with van der Waals surface area (Å²) in [5, 5.41) is 4.38. The number of aryl methyl sites for hydroxylation is 1. The molecule has 0 aliphatic carbocycles. The summed E-state index contributed by atoms with van der Waals surface area (Å²) >= 11 is 0. The zero-order valence-corrected chi connectivity index (χ0v) is 15.8. The van der Waals surface area contributed by atoms with Gasteiger partial charge in [-0.05, 0) is 31.9 Å². The predicted molar refractivity (Wildman–Crippen MR) is 98.8 cm³/mol. The molecule has 3 rings (SSSR count). The molecule has 27 heavy (non-hydrogen) atoms. The van der Waals surface area contributed by atoms with Gasteiger partial charge in [0, 0.05) is 32.6 Å². The molecule has 0 N–H and O–H groups in total. The topological polar surface area (TPSA) is 86.4 Å². The van der Waals surface area contributed by atoms with Crippen molar-refractivity contribution in [1.29, 1.82) is 0 Å². The Morgan fingerprint density at radius 2 is 1.81 bits per heavy atom. The number of ether oxygens (including phenoxy) is 1. The lowest BCUT2D eigenvalue weighted by Crippen LogP contribution is -2.39. The van der Waals surface area contributed by atoms with Crippen LogP contribution >= 0.6 is 0 Å². The molecule has 0 spiro atoms. The van der Waals surface area contributed by atoms with Crippen molar-refractivity contribution in [2.45, 2.75) is 32.2 Å². The molecule has 1 aromatic heterocycles. The lowest BCUT2D eigenvalue weighted by atomic mass is 9.95. The van der Waals surface area contributed by atoms with Gasteiger partial charge in [-0.1, -0.05) is 12.1 Å². The first-order valence-electron chi connectivity index (χ1n) is 9.08. The van der Waals surface area contributed by atoms with E-state index in [0.29, 0.717) is 25.2 Å². The Bertz CT molecular complexity index is 907. The number of methoxy groups -OCH3 is 1. The Hall–Kier alpha value is -2.90. The van der Waals surface area contributed by atoms with Gasteiger partial charge in [0.15, 0.2) is 0 Å². The van der Waals surface area contributed by atoms with E-state index in [1.54, 1.807) is 40.8 Å². The molecule has 0 saturated carbocycles. The fourth-order valence-electron chi connectivity index (χ4n) is 3.59. The van der Waals surface area contributed by atoms with E-state index in [0.717, 1.165) is 18.7 Å². The van der Waals surface area contributed by atoms with Crippen molar-refractivity contribution in [2.24, 2.45) is 7.05 Å². The molecule has 1 aromatic carbocycles. The molecule has 8 heteroatoms. The monoisotopic (exact) mass is 372 g/mol. The van der Waals surface area contributed by atoms with Crippen LogP contribution in [0.15, 0.2) is 29.1 Å². The minimum Gasteiger partial charge on any atom is -0.465 e. The number of piperidine rings is 1. The van der Waals surface area contributed by atoms with Gasteiger partial charge in [0.2, 0.25) is 0 Å². The highest BCUT2D eigenvalue weighted by atomic mass is 16.5. The van der Waals surface area contributed by atoms with Crippen LogP contribution in [0.5, 0.6) is 0 Å². The summed E-state index contributed by atoms with van der Waals surface area (Å²) in [7, 11) is 2.95. The van der Waals surface area contributed by atoms with E-state index in [-0.39, 0.29) is 23.1 Å². The van der Waals surface area contributed by atoms with Gasteiger partial charge >= 0.3 is 11.7 Å². The SMILES string of the molecule is CCn1c(C2CCN(C(=O)c3ccccc3C(=O)OC)CC2)nn(C)c1=O. The van der Waals surface area contributed by atoms with E-state index < -0.39 is 5.97 Å². The summed E-state index contributed by atoms with van der Waals surface area (Å²) in [6.45, 7) is 3.60. The highest BCUT2D eigenvalue weighted by Crippen LogP contribution is 2.27. The molecular formula is C19H24N4O4. The zero-order chi connectivity index (χ0) is 19.6. The van der Waals surface area contributed by atoms with Crippen molar-refractivity contribution < 1.29 is 14.3 Å². The molecule has 0 atom stereocenters. The number of esters is 1. The molecule has 1 aliphatic heterocycles. The molecule has 0 radical (unpaired) electrons. The van der Waals surface area contributed by atoms with Crippen LogP contribution in [0.1, 0.15) is 52.2 Å². The van der Waals surface area contributed by atoms with Crippen LogP contribution in [0.2, 0.25) is 0 Å². The molecule has 2 heterocycles. The van der Waals surface area contributed by atoms with Crippen molar-refractivity contribution in [1.82, 2.24) is 19.2 Å². The molecule has 2 aromatic rings. The summed E-state index contributed by atoms with van der Waals surface area (Å²) < 4.78 is 7.83. The number of rotatable bonds is 4. The zero-order valence-electron chi connectivity index (χ0n) is 15.8. The fourth-order valence-corrected chi connectivity index (χ4v) is 3.59. The van der Waals surface area contributed by atoms with Gasteiger partial charge in [-0.2, -0.15) is 5.10 Å². The Morgan fingerprint density at radius 3 is 2.41 bits per heavy atom. The molecule has 0 bridgehead atoms. The standard InChI is InChI=1S/C19H24N4O4/c1-4-23-16(20-21(2)19(23)26)13-9-11-22(12-10-13)17(24)14-7-5-6-8-15(14)18(25)27-3/h5-8,13H,4,9-12H2,1-3H3. The average molecular weight is 372 g/mol. The van der Waals surface area contributed by atoms with Crippen molar-refractivity contribution in [3.8, 4) is 0 Å². The van der Waals surface area contributed by atoms with E-state index in [1.165, 1.54) is 11.8 Å². The van der Waals surface area contributed by atoms with Crippen LogP contribution in [-0.4, -0.2) is 51.3 Å². The minimum atomic E-state index is -0.519. The van der Waals surface area contributed by atoms with Gasteiger partial charge < -0.3 is 9.64 Å². The Labute approximate surface area is 157 Å². The molecule has 1 aliphatic rings. The number of carbonyl (C=O) groups is 2. The van der Waals surface area contributed by atoms with E-state index in [2.05, 4.69) is 5.10 Å². The van der Waals surface area contributed by atoms with Crippen LogP contribution in [0, 0.1) is 0 Å². The number of hydrogen-bond acceptors (Lipinski definition) is 5. The van der Waals surface area contributed by atoms with Crippen LogP contribution in [0.25, 0.3) is 0 Å². The maximum absolute atomic E-state index is 12.9. The minimum absolute atomic E-state index is 0.113. The smallest absolute Gasteiger partial charge is 0.345 e. The van der Waals surface area contributed by atoms with E-state index in [9.17, 15) is 14.4 Å². The number of carbonyl (C=O) groups excluding carboxylic acids is 2. The number of amides is 1. The van der Waals surface area contributed by atoms with Gasteiger partial charge in [-0.3, -0.25) is 9.36 Å². The first-order chi connectivity index (χ1) is 13.0. The lowest BCUT2D eigenvalue weighted by Gasteiger charge is -2.32. The summed E-state index contributed by atoms with van der Waals surface area (Å²) in [5.41, 5.74) is 0.515. The summed E-state index contributed by atoms with van der Waals surface area (Å²) in [5.74, 6) is 0.225. The molecule has 1 amide bonds. The lowest BCUT2D eigenvalue weighted by molar-refractivity contribution is 0.0586. The summed E-state index contributed by atoms with van der Waals surface area (Å²) in [6.07, 6.45) is 1.45. The van der Waals surface area contributed by atoms with E-state index in [1.807, 2.05) is 6.92 Å². The van der Waals surface area contributed by atoms with E-state index >= 15 is 0 Å². The average Bonchev–Trinajstić information content (AvgIpc) is 3.00. The van der Waals surface area contributed by atoms with Crippen molar-refractivity contribution in [3.05, 3.63) is 51.7 Å². The van der Waals surface area contributed by atoms with Crippen molar-refractivity contribution >= 4 is 11.9 Å². The van der Waals surface area contributed by atoms with Gasteiger partial charge in [0.25, 0.3) is 5.91 Å². The second-order valence-corrected chi connectivity index (χ2v) is 6.61. The van der Waals surface area contributed by atoms with Crippen LogP contribution in [0.3, 0.4) is 0 Å². The van der Waals surface area contributed by atoms with Crippen molar-refractivity contribution in [2.75, 3.05) is 20.2 Å². The summed E-state index contributed by atoms with van der Waals surface area (Å²) in [4.78, 5) is 38.7. The normalized spacial score (nSPS) is 15.0. The molecular weight excluding hydrogens is 348 g/mol. The number of benzene rings is 1. The predicted octanol–water partition coefficient (Wildman–Crippen LogP) is 1.41.